The molecule has 9 nitrogen and oxygen atoms in total. The Kier molecular flexibility index (Phi) is 4.70. The van der Waals surface area contributed by atoms with Gasteiger partial charge in [0.15, 0.2) is 18.3 Å². The first-order chi connectivity index (χ1) is 10.2. The van der Waals surface area contributed by atoms with E-state index in [0.717, 1.165) is 0 Å². The maximum absolute atomic E-state index is 11.6. The number of aromatic nitrogens is 2. The summed E-state index contributed by atoms with van der Waals surface area (Å²) in [6.45, 7) is -0.0891. The Balaban J connectivity index is 1.89. The molecular weight excluding hydrogens is 278 g/mol. The summed E-state index contributed by atoms with van der Waals surface area (Å²) in [6, 6.07) is 6.64. The maximum Gasteiger partial charge on any atom is 0.258 e. The Hall–Kier alpha value is -3.10. The predicted octanol–water partition coefficient (Wildman–Crippen LogP) is -0.141. The summed E-state index contributed by atoms with van der Waals surface area (Å²) < 4.78 is 9.88. The van der Waals surface area contributed by atoms with Crippen molar-refractivity contribution in [2.45, 2.75) is 6.54 Å². The second-order valence-electron chi connectivity index (χ2n) is 3.89. The largest absolute Gasteiger partial charge is 0.483 e. The molecule has 0 aliphatic heterocycles. The van der Waals surface area contributed by atoms with Crippen molar-refractivity contribution in [3.05, 3.63) is 42.0 Å². The SMILES string of the molecule is N/C(=N/O)c1ccccc1OCC(=O)NCc1ncon1. The zero-order chi connectivity index (χ0) is 15.1. The normalized spacial score (nSPS) is 11.1. The number of hydrogen-bond donors (Lipinski definition) is 3. The average Bonchev–Trinajstić information content (AvgIpc) is 3.04. The molecular formula is C12H13N5O4. The first-order valence-corrected chi connectivity index (χ1v) is 5.92. The molecule has 0 bridgehead atoms. The van der Waals surface area contributed by atoms with Gasteiger partial charge in [0.2, 0.25) is 6.39 Å². The highest BCUT2D eigenvalue weighted by Crippen LogP contribution is 2.17. The van der Waals surface area contributed by atoms with E-state index in [2.05, 4.69) is 25.1 Å². The fraction of sp³-hybridized carbons (Fsp3) is 0.167. The van der Waals surface area contributed by atoms with E-state index in [1.54, 1.807) is 24.3 Å². The topological polar surface area (TPSA) is 136 Å². The smallest absolute Gasteiger partial charge is 0.258 e. The molecule has 0 radical (unpaired) electrons. The maximum atomic E-state index is 11.6. The lowest BCUT2D eigenvalue weighted by molar-refractivity contribution is -0.123. The van der Waals surface area contributed by atoms with Crippen molar-refractivity contribution in [2.75, 3.05) is 6.61 Å². The van der Waals surface area contributed by atoms with Crippen LogP contribution in [0.25, 0.3) is 0 Å². The van der Waals surface area contributed by atoms with Crippen molar-refractivity contribution in [3.63, 3.8) is 0 Å². The minimum absolute atomic E-state index is 0.0993. The van der Waals surface area contributed by atoms with Crippen molar-refractivity contribution in [2.24, 2.45) is 10.9 Å². The standard InChI is InChI=1S/C12H13N5O4/c13-12(16-19)8-3-1-2-4-9(8)20-6-11(18)14-5-10-15-7-21-17-10/h1-4,7,19H,5-6H2,(H2,13,16)(H,14,18). The van der Waals surface area contributed by atoms with Gasteiger partial charge in [0.1, 0.15) is 5.75 Å². The molecule has 1 amide bonds. The number of carbonyl (C=O) groups is 1. The first kappa shape index (κ1) is 14.3. The fourth-order valence-electron chi connectivity index (χ4n) is 1.50. The minimum Gasteiger partial charge on any atom is -0.483 e. The van der Waals surface area contributed by atoms with E-state index in [1.165, 1.54) is 6.39 Å². The number of ether oxygens (including phenoxy) is 1. The molecule has 0 aliphatic carbocycles. The van der Waals surface area contributed by atoms with Gasteiger partial charge in [-0.3, -0.25) is 4.79 Å². The van der Waals surface area contributed by atoms with Gasteiger partial charge in [0.25, 0.3) is 5.91 Å². The second-order valence-corrected chi connectivity index (χ2v) is 3.89. The molecule has 0 spiro atoms. The van der Waals surface area contributed by atoms with Crippen LogP contribution in [0.15, 0.2) is 40.3 Å². The molecule has 9 heteroatoms. The predicted molar refractivity (Wildman–Crippen MR) is 70.6 cm³/mol. The lowest BCUT2D eigenvalue weighted by Gasteiger charge is -2.10. The number of nitrogens with two attached hydrogens (primary N) is 1. The third kappa shape index (κ3) is 3.93. The highest BCUT2D eigenvalue weighted by Gasteiger charge is 2.10. The van der Waals surface area contributed by atoms with Gasteiger partial charge >= 0.3 is 0 Å². The summed E-state index contributed by atoms with van der Waals surface area (Å²) in [5.74, 6) is 0.231. The van der Waals surface area contributed by atoms with Crippen molar-refractivity contribution in [3.8, 4) is 5.75 Å². The molecule has 110 valence electrons. The Labute approximate surface area is 119 Å². The molecule has 4 N–H and O–H groups in total. The number of amides is 1. The average molecular weight is 291 g/mol. The Morgan fingerprint density at radius 1 is 1.48 bits per heavy atom. The minimum atomic E-state index is -0.367. The third-order valence-corrected chi connectivity index (χ3v) is 2.48. The molecule has 21 heavy (non-hydrogen) atoms. The summed E-state index contributed by atoms with van der Waals surface area (Å²) >= 11 is 0. The number of hydrogen-bond acceptors (Lipinski definition) is 7. The molecule has 0 aliphatic rings. The third-order valence-electron chi connectivity index (χ3n) is 2.48. The quantitative estimate of drug-likeness (QED) is 0.291. The Morgan fingerprint density at radius 3 is 3.00 bits per heavy atom. The first-order valence-electron chi connectivity index (χ1n) is 5.92. The van der Waals surface area contributed by atoms with Crippen LogP contribution in [0.2, 0.25) is 0 Å². The molecule has 0 saturated heterocycles. The van der Waals surface area contributed by atoms with Crippen LogP contribution >= 0.6 is 0 Å². The number of oxime groups is 1. The van der Waals surface area contributed by atoms with E-state index in [0.29, 0.717) is 17.1 Å². The molecule has 2 aromatic rings. The van der Waals surface area contributed by atoms with Crippen LogP contribution < -0.4 is 15.8 Å². The molecule has 1 aromatic carbocycles. The van der Waals surface area contributed by atoms with Crippen LogP contribution in [0.1, 0.15) is 11.4 Å². The van der Waals surface area contributed by atoms with Gasteiger partial charge in [-0.15, -0.1) is 0 Å². The number of para-hydroxylation sites is 1. The molecule has 1 heterocycles. The van der Waals surface area contributed by atoms with Crippen LogP contribution in [0, 0.1) is 0 Å². The summed E-state index contributed by atoms with van der Waals surface area (Å²) in [6.07, 6.45) is 1.17. The lowest BCUT2D eigenvalue weighted by Crippen LogP contribution is -2.29. The van der Waals surface area contributed by atoms with E-state index < -0.39 is 0 Å². The number of benzene rings is 1. The summed E-state index contributed by atoms with van der Waals surface area (Å²) in [4.78, 5) is 15.4. The molecule has 0 atom stereocenters. The van der Waals surface area contributed by atoms with Crippen LogP contribution in [-0.2, 0) is 11.3 Å². The van der Waals surface area contributed by atoms with Crippen molar-refractivity contribution >= 4 is 11.7 Å². The second kappa shape index (κ2) is 6.89. The van der Waals surface area contributed by atoms with Gasteiger partial charge in [-0.1, -0.05) is 22.4 Å². The zero-order valence-electron chi connectivity index (χ0n) is 10.9. The highest BCUT2D eigenvalue weighted by atomic mass is 16.5. The van der Waals surface area contributed by atoms with E-state index >= 15 is 0 Å². The molecule has 0 saturated carbocycles. The van der Waals surface area contributed by atoms with Crippen molar-refractivity contribution in [1.82, 2.24) is 15.5 Å². The van der Waals surface area contributed by atoms with Crippen LogP contribution in [0.4, 0.5) is 0 Å². The number of nitrogens with zero attached hydrogens (tertiary/aromatic N) is 3. The fourth-order valence-corrected chi connectivity index (χ4v) is 1.50. The number of nitrogens with one attached hydrogen (secondary N) is 1. The number of carbonyl (C=O) groups excluding carboxylic acids is 1. The summed E-state index contributed by atoms with van der Waals surface area (Å²) in [5, 5.41) is 17.7. The van der Waals surface area contributed by atoms with Crippen LogP contribution in [0.3, 0.4) is 0 Å². The zero-order valence-corrected chi connectivity index (χ0v) is 10.9. The van der Waals surface area contributed by atoms with Gasteiger partial charge in [-0.25, -0.2) is 0 Å². The van der Waals surface area contributed by atoms with Gasteiger partial charge in [0.05, 0.1) is 12.1 Å². The van der Waals surface area contributed by atoms with Crippen LogP contribution in [-0.4, -0.2) is 33.7 Å². The van der Waals surface area contributed by atoms with Crippen LogP contribution in [0.5, 0.6) is 5.75 Å². The number of rotatable bonds is 6. The van der Waals surface area contributed by atoms with E-state index in [1.807, 2.05) is 0 Å². The van der Waals surface area contributed by atoms with Crippen molar-refractivity contribution in [1.29, 1.82) is 0 Å². The van der Waals surface area contributed by atoms with Crippen molar-refractivity contribution < 1.29 is 19.3 Å². The Bertz CT molecular complexity index is 626. The molecule has 0 unspecified atom stereocenters. The van der Waals surface area contributed by atoms with Gasteiger partial charge in [-0.2, -0.15) is 4.98 Å². The lowest BCUT2D eigenvalue weighted by atomic mass is 10.2. The van der Waals surface area contributed by atoms with E-state index in [-0.39, 0.29) is 24.9 Å². The van der Waals surface area contributed by atoms with E-state index in [4.69, 9.17) is 15.7 Å². The monoisotopic (exact) mass is 291 g/mol. The summed E-state index contributed by atoms with van der Waals surface area (Å²) in [5.41, 5.74) is 5.91. The number of amidine groups is 1. The van der Waals surface area contributed by atoms with Gasteiger partial charge in [-0.05, 0) is 12.1 Å². The van der Waals surface area contributed by atoms with Gasteiger partial charge < -0.3 is 25.5 Å². The van der Waals surface area contributed by atoms with E-state index in [9.17, 15) is 4.79 Å². The molecule has 2 rings (SSSR count). The van der Waals surface area contributed by atoms with Gasteiger partial charge in [0, 0.05) is 0 Å². The summed E-state index contributed by atoms with van der Waals surface area (Å²) in [7, 11) is 0. The molecule has 0 fully saturated rings. The highest BCUT2D eigenvalue weighted by molar-refractivity contribution is 5.99. The molecule has 1 aromatic heterocycles. The Morgan fingerprint density at radius 2 is 2.29 bits per heavy atom.